The van der Waals surface area contributed by atoms with Gasteiger partial charge in [-0.2, -0.15) is 4.98 Å². The maximum absolute atomic E-state index is 14.2. The fourth-order valence-electron chi connectivity index (χ4n) is 4.63. The lowest BCUT2D eigenvalue weighted by Crippen LogP contribution is -2.41. The van der Waals surface area contributed by atoms with Crippen LogP contribution in [-0.4, -0.2) is 62.9 Å². The number of aromatic nitrogens is 3. The summed E-state index contributed by atoms with van der Waals surface area (Å²) in [7, 11) is 0. The van der Waals surface area contributed by atoms with Gasteiger partial charge in [-0.3, -0.25) is 9.59 Å². The number of pyridine rings is 1. The number of rotatable bonds is 3. The molecule has 5 rings (SSSR count). The maximum Gasteiger partial charge on any atom is 0.275 e. The van der Waals surface area contributed by atoms with Gasteiger partial charge in [0.1, 0.15) is 0 Å². The minimum atomic E-state index is -0.702. The number of fused-ring (bicyclic) bond motifs is 1. The summed E-state index contributed by atoms with van der Waals surface area (Å²) < 4.78 is 19.7. The van der Waals surface area contributed by atoms with E-state index in [-0.39, 0.29) is 24.1 Å². The van der Waals surface area contributed by atoms with Crippen LogP contribution >= 0.6 is 0 Å². The van der Waals surface area contributed by atoms with Gasteiger partial charge in [0.15, 0.2) is 17.3 Å². The summed E-state index contributed by atoms with van der Waals surface area (Å²) in [6.45, 7) is 3.08. The van der Waals surface area contributed by atoms with Crippen LogP contribution < -0.4 is 0 Å². The monoisotopic (exact) mass is 421 g/mol. The maximum atomic E-state index is 14.2. The van der Waals surface area contributed by atoms with Crippen molar-refractivity contribution >= 4 is 11.8 Å². The molecule has 0 bridgehead atoms. The molecule has 2 aliphatic rings. The van der Waals surface area contributed by atoms with Gasteiger partial charge in [-0.25, -0.2) is 9.37 Å². The van der Waals surface area contributed by atoms with E-state index in [4.69, 9.17) is 4.52 Å². The number of nitrogens with zero attached hydrogens (tertiary/aromatic N) is 5. The Kier molecular flexibility index (Phi) is 4.53. The van der Waals surface area contributed by atoms with Gasteiger partial charge < -0.3 is 14.3 Å². The number of likely N-dealkylation sites (tertiary alicyclic amines) is 2. The molecule has 0 N–H and O–H groups in total. The molecule has 0 radical (unpaired) electrons. The van der Waals surface area contributed by atoms with Crippen molar-refractivity contribution in [2.24, 2.45) is 5.92 Å². The first-order valence-corrected chi connectivity index (χ1v) is 10.0. The predicted octanol–water partition coefficient (Wildman–Crippen LogP) is 2.08. The number of amides is 2. The Bertz CT molecular complexity index is 1150. The quantitative estimate of drug-likeness (QED) is 0.643. The second-order valence-corrected chi connectivity index (χ2v) is 8.07. The molecule has 1 aromatic carbocycles. The molecule has 31 heavy (non-hydrogen) atoms. The Morgan fingerprint density at radius 1 is 1.06 bits per heavy atom. The number of carbonyl (C=O) groups is 2. The van der Waals surface area contributed by atoms with Crippen LogP contribution in [0.2, 0.25) is 0 Å². The third kappa shape index (κ3) is 3.17. The molecule has 2 atom stereocenters. The first-order chi connectivity index (χ1) is 15.0. The molecule has 9 heteroatoms. The van der Waals surface area contributed by atoms with Crippen molar-refractivity contribution in [3.8, 4) is 0 Å². The van der Waals surface area contributed by atoms with Gasteiger partial charge in [0.25, 0.3) is 11.8 Å². The molecular formula is C22H20FN5O3. The van der Waals surface area contributed by atoms with Crippen molar-refractivity contribution in [1.29, 1.82) is 0 Å². The molecule has 158 valence electrons. The zero-order valence-electron chi connectivity index (χ0n) is 16.9. The van der Waals surface area contributed by atoms with Crippen molar-refractivity contribution in [2.75, 3.05) is 26.2 Å². The number of halogens is 1. The van der Waals surface area contributed by atoms with Crippen LogP contribution in [0.15, 0.2) is 53.2 Å². The van der Waals surface area contributed by atoms with E-state index in [0.29, 0.717) is 36.9 Å². The van der Waals surface area contributed by atoms with Gasteiger partial charge in [0.2, 0.25) is 5.89 Å². The molecule has 3 aromatic rings. The van der Waals surface area contributed by atoms with Crippen molar-refractivity contribution in [3.05, 3.63) is 77.5 Å². The number of hydrogen-bond acceptors (Lipinski definition) is 6. The van der Waals surface area contributed by atoms with Gasteiger partial charge in [0.05, 0.1) is 5.41 Å². The largest absolute Gasteiger partial charge is 0.339 e. The van der Waals surface area contributed by atoms with E-state index < -0.39 is 17.1 Å². The van der Waals surface area contributed by atoms with E-state index >= 15 is 0 Å². The van der Waals surface area contributed by atoms with E-state index in [0.717, 1.165) is 0 Å². The summed E-state index contributed by atoms with van der Waals surface area (Å²) in [5.74, 6) is -0.459. The lowest BCUT2D eigenvalue weighted by Gasteiger charge is -2.26. The Morgan fingerprint density at radius 2 is 1.77 bits per heavy atom. The van der Waals surface area contributed by atoms with Crippen molar-refractivity contribution < 1.29 is 18.5 Å². The fourth-order valence-corrected chi connectivity index (χ4v) is 4.63. The van der Waals surface area contributed by atoms with Gasteiger partial charge in [0, 0.05) is 43.9 Å². The Hall–Kier alpha value is -3.62. The molecule has 8 nitrogen and oxygen atoms in total. The second kappa shape index (κ2) is 7.26. The van der Waals surface area contributed by atoms with E-state index in [1.165, 1.54) is 18.3 Å². The number of benzene rings is 1. The Balaban J connectivity index is 1.46. The lowest BCUT2D eigenvalue weighted by molar-refractivity contribution is 0.0721. The van der Waals surface area contributed by atoms with Gasteiger partial charge in [-0.1, -0.05) is 23.4 Å². The number of hydrogen-bond donors (Lipinski definition) is 0. The molecule has 2 saturated heterocycles. The average Bonchev–Trinajstić information content (AvgIpc) is 3.46. The summed E-state index contributed by atoms with van der Waals surface area (Å²) in [5, 5.41) is 3.92. The minimum absolute atomic E-state index is 0.0840. The smallest absolute Gasteiger partial charge is 0.275 e. The molecular weight excluding hydrogens is 401 g/mol. The van der Waals surface area contributed by atoms with E-state index in [2.05, 4.69) is 15.1 Å². The minimum Gasteiger partial charge on any atom is -0.339 e. The van der Waals surface area contributed by atoms with Crippen LogP contribution in [0.25, 0.3) is 0 Å². The number of carbonyl (C=O) groups excluding carboxylic acids is 2. The molecule has 0 saturated carbocycles. The fraction of sp³-hybridized carbons (Fsp3) is 0.318. The average molecular weight is 421 g/mol. The topological polar surface area (TPSA) is 92.4 Å². The second-order valence-electron chi connectivity index (χ2n) is 8.07. The zero-order valence-corrected chi connectivity index (χ0v) is 16.9. The zero-order chi connectivity index (χ0) is 21.6. The van der Waals surface area contributed by atoms with Crippen LogP contribution in [0, 0.1) is 18.7 Å². The third-order valence-corrected chi connectivity index (χ3v) is 6.12. The van der Waals surface area contributed by atoms with Crippen molar-refractivity contribution in [2.45, 2.75) is 12.3 Å². The van der Waals surface area contributed by atoms with Crippen LogP contribution in [0.3, 0.4) is 0 Å². The highest BCUT2D eigenvalue weighted by Crippen LogP contribution is 2.45. The highest BCUT2D eigenvalue weighted by Gasteiger charge is 2.59. The van der Waals surface area contributed by atoms with Crippen LogP contribution in [0.1, 0.15) is 32.6 Å². The first kappa shape index (κ1) is 19.3. The normalized spacial score (nSPS) is 22.6. The van der Waals surface area contributed by atoms with E-state index in [1.807, 2.05) is 18.2 Å². The first-order valence-electron chi connectivity index (χ1n) is 10.0. The van der Waals surface area contributed by atoms with Crippen LogP contribution in [0.5, 0.6) is 0 Å². The molecule has 4 heterocycles. The molecule has 2 aliphatic heterocycles. The SMILES string of the molecule is Cc1noc([C@@]23CN(C(=O)c4ccccc4)C[C@@H]2CN(C(=O)c2ncccc2F)C3)n1. The molecule has 2 amide bonds. The molecule has 2 aromatic heterocycles. The van der Waals surface area contributed by atoms with Crippen molar-refractivity contribution in [1.82, 2.24) is 24.9 Å². The number of aryl methyl sites for hydroxylation is 1. The van der Waals surface area contributed by atoms with Crippen LogP contribution in [0.4, 0.5) is 4.39 Å². The summed E-state index contributed by atoms with van der Waals surface area (Å²) in [6, 6.07) is 11.7. The Morgan fingerprint density at radius 3 is 2.42 bits per heavy atom. The summed E-state index contributed by atoms with van der Waals surface area (Å²) in [5.41, 5.74) is -0.313. The van der Waals surface area contributed by atoms with Crippen LogP contribution in [-0.2, 0) is 5.41 Å². The van der Waals surface area contributed by atoms with E-state index in [9.17, 15) is 14.0 Å². The van der Waals surface area contributed by atoms with Gasteiger partial charge in [-0.15, -0.1) is 0 Å². The summed E-state index contributed by atoms with van der Waals surface area (Å²) in [6.07, 6.45) is 1.39. The molecule has 0 spiro atoms. The Labute approximate surface area is 177 Å². The van der Waals surface area contributed by atoms with Gasteiger partial charge >= 0.3 is 0 Å². The third-order valence-electron chi connectivity index (χ3n) is 6.12. The molecule has 0 aliphatic carbocycles. The lowest BCUT2D eigenvalue weighted by atomic mass is 9.81. The molecule has 0 unspecified atom stereocenters. The highest BCUT2D eigenvalue weighted by atomic mass is 19.1. The summed E-state index contributed by atoms with van der Waals surface area (Å²) >= 11 is 0. The molecule has 2 fully saturated rings. The highest BCUT2D eigenvalue weighted by molar-refractivity contribution is 5.95. The van der Waals surface area contributed by atoms with Gasteiger partial charge in [-0.05, 0) is 31.2 Å². The van der Waals surface area contributed by atoms with Crippen molar-refractivity contribution in [3.63, 3.8) is 0 Å². The van der Waals surface area contributed by atoms with E-state index in [1.54, 1.807) is 28.9 Å². The standard InChI is InChI=1S/C22H20FN5O3/c1-14-25-21(31-26-14)22-12-27(19(29)15-6-3-2-4-7-15)10-16(22)11-28(13-22)20(30)18-17(23)8-5-9-24-18/h2-9,16H,10-13H2,1H3/t16-,22-/m1/s1. The summed E-state index contributed by atoms with van der Waals surface area (Å²) in [4.78, 5) is 37.7. The predicted molar refractivity (Wildman–Crippen MR) is 107 cm³/mol.